The molecule has 0 saturated carbocycles. The van der Waals surface area contributed by atoms with E-state index in [1.807, 2.05) is 18.2 Å². The lowest BCUT2D eigenvalue weighted by molar-refractivity contribution is 0.173. The smallest absolute Gasteiger partial charge is 0.231 e. The predicted octanol–water partition coefficient (Wildman–Crippen LogP) is 0.0978. The number of rotatable bonds is 3. The molecule has 1 aromatic rings. The molecule has 1 heterocycles. The molecule has 0 saturated heterocycles. The summed E-state index contributed by atoms with van der Waals surface area (Å²) in [4.78, 5) is 5.35. The zero-order valence-electron chi connectivity index (χ0n) is 10.7. The molecule has 0 amide bonds. The van der Waals surface area contributed by atoms with Crippen LogP contribution < -0.4 is 20.9 Å². The molecule has 0 unspecified atom stereocenters. The van der Waals surface area contributed by atoms with Gasteiger partial charge >= 0.3 is 0 Å². The largest absolute Gasteiger partial charge is 0.454 e. The second-order valence-electron chi connectivity index (χ2n) is 4.18. The number of para-hydroxylation sites is 1. The Morgan fingerprint density at radius 3 is 2.95 bits per heavy atom. The van der Waals surface area contributed by atoms with Gasteiger partial charge in [0.25, 0.3) is 0 Å². The van der Waals surface area contributed by atoms with Gasteiger partial charge in [-0.2, -0.15) is 4.99 Å². The zero-order chi connectivity index (χ0) is 13.8. The number of ether oxygens (including phenoxy) is 2. The van der Waals surface area contributed by atoms with E-state index < -0.39 is 0 Å². The Hall–Kier alpha value is -2.44. The van der Waals surface area contributed by atoms with Crippen molar-refractivity contribution >= 4 is 11.9 Å². The van der Waals surface area contributed by atoms with Crippen LogP contribution >= 0.6 is 0 Å². The van der Waals surface area contributed by atoms with Gasteiger partial charge in [-0.1, -0.05) is 12.1 Å². The Balaban J connectivity index is 1.98. The first-order chi connectivity index (χ1) is 9.08. The van der Waals surface area contributed by atoms with Gasteiger partial charge in [0.2, 0.25) is 12.8 Å². The molecule has 19 heavy (non-hydrogen) atoms. The lowest BCUT2D eigenvalue weighted by Gasteiger charge is -2.17. The molecule has 1 aliphatic heterocycles. The van der Waals surface area contributed by atoms with Gasteiger partial charge in [0, 0.05) is 13.6 Å². The molecule has 102 valence electrons. The van der Waals surface area contributed by atoms with Crippen LogP contribution in [0, 0.1) is 5.41 Å². The second kappa shape index (κ2) is 5.47. The lowest BCUT2D eigenvalue weighted by Crippen LogP contribution is -2.31. The molecular formula is C12H17N5O2. The van der Waals surface area contributed by atoms with E-state index in [-0.39, 0.29) is 18.7 Å². The average molecular weight is 263 g/mol. The fourth-order valence-electron chi connectivity index (χ4n) is 1.79. The van der Waals surface area contributed by atoms with Crippen molar-refractivity contribution in [1.29, 1.82) is 5.41 Å². The molecule has 0 spiro atoms. The summed E-state index contributed by atoms with van der Waals surface area (Å²) in [6.45, 7) is 0.863. The van der Waals surface area contributed by atoms with Crippen molar-refractivity contribution in [3.8, 4) is 11.5 Å². The van der Waals surface area contributed by atoms with E-state index >= 15 is 0 Å². The Bertz CT molecular complexity index is 511. The minimum atomic E-state index is -0.116. The van der Waals surface area contributed by atoms with Crippen molar-refractivity contribution in [3.05, 3.63) is 23.8 Å². The zero-order valence-corrected chi connectivity index (χ0v) is 10.7. The molecule has 1 aliphatic rings. The number of likely N-dealkylation sites (N-methyl/N-ethyl adjacent to an activating group) is 1. The van der Waals surface area contributed by atoms with E-state index in [2.05, 4.69) is 4.99 Å². The molecule has 0 aliphatic carbocycles. The summed E-state index contributed by atoms with van der Waals surface area (Å²) < 4.78 is 10.7. The fraction of sp³-hybridized carbons (Fsp3) is 0.333. The van der Waals surface area contributed by atoms with Gasteiger partial charge in [-0.05, 0) is 18.1 Å². The molecule has 0 atom stereocenters. The monoisotopic (exact) mass is 263 g/mol. The number of hydrogen-bond donors (Lipinski definition) is 3. The number of benzene rings is 1. The van der Waals surface area contributed by atoms with Crippen LogP contribution in [0.5, 0.6) is 11.5 Å². The van der Waals surface area contributed by atoms with Crippen molar-refractivity contribution in [1.82, 2.24) is 4.90 Å². The van der Waals surface area contributed by atoms with Crippen molar-refractivity contribution in [3.63, 3.8) is 0 Å². The molecule has 0 bridgehead atoms. The summed E-state index contributed by atoms with van der Waals surface area (Å²) in [5.41, 5.74) is 11.5. The van der Waals surface area contributed by atoms with E-state index in [0.29, 0.717) is 13.0 Å². The molecule has 0 fully saturated rings. The Labute approximate surface area is 111 Å². The maximum atomic E-state index is 7.67. The Morgan fingerprint density at radius 1 is 1.42 bits per heavy atom. The van der Waals surface area contributed by atoms with Crippen molar-refractivity contribution < 1.29 is 9.47 Å². The third-order valence-electron chi connectivity index (χ3n) is 2.79. The topological polar surface area (TPSA) is 110 Å². The van der Waals surface area contributed by atoms with Crippen LogP contribution in [0.2, 0.25) is 0 Å². The maximum absolute atomic E-state index is 7.67. The molecule has 1 aromatic carbocycles. The number of aliphatic imine (C=N–C) groups is 1. The molecule has 7 heteroatoms. The third-order valence-corrected chi connectivity index (χ3v) is 2.79. The summed E-state index contributed by atoms with van der Waals surface area (Å²) in [6.07, 6.45) is 0.714. The highest BCUT2D eigenvalue weighted by Gasteiger charge is 2.17. The molecule has 7 nitrogen and oxygen atoms in total. The minimum Gasteiger partial charge on any atom is -0.454 e. The standard InChI is InChI=1S/C12H17N5O2/c1-17(12(15)16-11(13)14)6-5-8-3-2-4-9-10(8)19-7-18-9/h2-4H,5-7H2,1H3,(H5,13,14,15,16). The highest BCUT2D eigenvalue weighted by atomic mass is 16.7. The number of nitrogens with one attached hydrogen (secondary N) is 1. The van der Waals surface area contributed by atoms with Gasteiger partial charge in [-0.3, -0.25) is 5.41 Å². The van der Waals surface area contributed by atoms with Crippen LogP contribution in [0.3, 0.4) is 0 Å². The van der Waals surface area contributed by atoms with Crippen molar-refractivity contribution in [2.45, 2.75) is 6.42 Å². The van der Waals surface area contributed by atoms with Gasteiger partial charge in [-0.25, -0.2) is 0 Å². The average Bonchev–Trinajstić information content (AvgIpc) is 2.83. The molecule has 2 rings (SSSR count). The van der Waals surface area contributed by atoms with Gasteiger partial charge in [-0.15, -0.1) is 0 Å². The molecule has 0 aromatic heterocycles. The van der Waals surface area contributed by atoms with Crippen LogP contribution in [0.15, 0.2) is 23.2 Å². The number of nitrogens with zero attached hydrogens (tertiary/aromatic N) is 2. The summed E-state index contributed by atoms with van der Waals surface area (Å²) in [6, 6.07) is 5.77. The van der Waals surface area contributed by atoms with Crippen LogP contribution in [0.1, 0.15) is 5.56 Å². The predicted molar refractivity (Wildman–Crippen MR) is 72.4 cm³/mol. The van der Waals surface area contributed by atoms with Crippen LogP contribution in [-0.2, 0) is 6.42 Å². The SMILES string of the molecule is CN(CCc1cccc2c1OCO2)C(=N)N=C(N)N. The van der Waals surface area contributed by atoms with Crippen LogP contribution in [0.25, 0.3) is 0 Å². The van der Waals surface area contributed by atoms with Gasteiger partial charge in [0.1, 0.15) is 0 Å². The summed E-state index contributed by atoms with van der Waals surface area (Å²) in [5.74, 6) is 1.46. The van der Waals surface area contributed by atoms with Crippen molar-refractivity contribution in [2.75, 3.05) is 20.4 Å². The quantitative estimate of drug-likeness (QED) is 0.529. The van der Waals surface area contributed by atoms with Crippen LogP contribution in [-0.4, -0.2) is 37.2 Å². The van der Waals surface area contributed by atoms with Crippen molar-refractivity contribution in [2.24, 2.45) is 16.5 Å². The number of hydrogen-bond acceptors (Lipinski definition) is 3. The minimum absolute atomic E-state index is 0.0322. The molecule has 5 N–H and O–H groups in total. The number of guanidine groups is 2. The normalized spacial score (nSPS) is 12.1. The van der Waals surface area contributed by atoms with E-state index in [4.69, 9.17) is 26.4 Å². The molecular weight excluding hydrogens is 246 g/mol. The van der Waals surface area contributed by atoms with Gasteiger partial charge in [0.15, 0.2) is 17.5 Å². The number of nitrogens with two attached hydrogens (primary N) is 2. The first-order valence-electron chi connectivity index (χ1n) is 5.84. The maximum Gasteiger partial charge on any atom is 0.231 e. The summed E-state index contributed by atoms with van der Waals surface area (Å²) >= 11 is 0. The lowest BCUT2D eigenvalue weighted by atomic mass is 10.1. The van der Waals surface area contributed by atoms with E-state index in [9.17, 15) is 0 Å². The first kappa shape index (κ1) is 13.0. The Morgan fingerprint density at radius 2 is 2.21 bits per heavy atom. The van der Waals surface area contributed by atoms with E-state index in [1.165, 1.54) is 0 Å². The molecule has 0 radical (unpaired) electrons. The van der Waals surface area contributed by atoms with Gasteiger partial charge in [0.05, 0.1) is 0 Å². The van der Waals surface area contributed by atoms with E-state index in [0.717, 1.165) is 17.1 Å². The van der Waals surface area contributed by atoms with E-state index in [1.54, 1.807) is 11.9 Å². The highest BCUT2D eigenvalue weighted by Crippen LogP contribution is 2.35. The highest BCUT2D eigenvalue weighted by molar-refractivity contribution is 5.91. The Kier molecular flexibility index (Phi) is 3.74. The van der Waals surface area contributed by atoms with Gasteiger partial charge < -0.3 is 25.8 Å². The first-order valence-corrected chi connectivity index (χ1v) is 5.84. The summed E-state index contributed by atoms with van der Waals surface area (Å²) in [7, 11) is 1.76. The van der Waals surface area contributed by atoms with Crippen LogP contribution in [0.4, 0.5) is 0 Å². The third kappa shape index (κ3) is 3.06. The summed E-state index contributed by atoms with van der Waals surface area (Å²) in [5, 5.41) is 7.67. The number of fused-ring (bicyclic) bond motifs is 1. The second-order valence-corrected chi connectivity index (χ2v) is 4.18. The fourth-order valence-corrected chi connectivity index (χ4v) is 1.79.